The van der Waals surface area contributed by atoms with E-state index < -0.39 is 10.0 Å². The molecular formula is C26H31ClN4O4S. The zero-order valence-electron chi connectivity index (χ0n) is 20.7. The van der Waals surface area contributed by atoms with Crippen molar-refractivity contribution in [2.75, 3.05) is 44.7 Å². The molecule has 5 rings (SSSR count). The summed E-state index contributed by atoms with van der Waals surface area (Å²) in [5.41, 5.74) is 2.44. The van der Waals surface area contributed by atoms with Crippen LogP contribution in [0.15, 0.2) is 59.5 Å². The number of anilines is 1. The summed E-state index contributed by atoms with van der Waals surface area (Å²) in [5.74, 6) is 0.570. The summed E-state index contributed by atoms with van der Waals surface area (Å²) >= 11 is 0. The number of halogens is 1. The molecule has 0 unspecified atom stereocenters. The van der Waals surface area contributed by atoms with E-state index in [1.807, 2.05) is 37.4 Å². The van der Waals surface area contributed by atoms with Crippen LogP contribution in [0.3, 0.4) is 0 Å². The van der Waals surface area contributed by atoms with Gasteiger partial charge in [-0.2, -0.15) is 4.98 Å². The molecule has 0 spiro atoms. The van der Waals surface area contributed by atoms with Gasteiger partial charge in [-0.3, -0.25) is 4.31 Å². The number of rotatable bonds is 8. The van der Waals surface area contributed by atoms with E-state index in [0.29, 0.717) is 24.7 Å². The van der Waals surface area contributed by atoms with Crippen molar-refractivity contribution in [1.82, 2.24) is 14.5 Å². The molecule has 1 fully saturated rings. The fraction of sp³-hybridized carbons (Fsp3) is 0.346. The Labute approximate surface area is 217 Å². The molecule has 10 heteroatoms. The quantitative estimate of drug-likeness (QED) is 0.335. The van der Waals surface area contributed by atoms with E-state index in [1.54, 1.807) is 24.3 Å². The van der Waals surface area contributed by atoms with Crippen molar-refractivity contribution in [2.24, 2.45) is 7.05 Å². The number of likely N-dealkylation sites (tertiary alicyclic amines) is 1. The Balaban J connectivity index is 0.00000304. The molecule has 0 aliphatic carbocycles. The average Bonchev–Trinajstić information content (AvgIpc) is 3.50. The minimum Gasteiger partial charge on any atom is -0.481 e. The molecule has 0 N–H and O–H groups in total. The normalized spacial score (nSPS) is 14.2. The molecule has 4 aromatic rings. The van der Waals surface area contributed by atoms with Crippen LogP contribution in [0.1, 0.15) is 12.8 Å². The van der Waals surface area contributed by atoms with Crippen molar-refractivity contribution < 1.29 is 17.9 Å². The van der Waals surface area contributed by atoms with Gasteiger partial charge in [0.15, 0.2) is 0 Å². The van der Waals surface area contributed by atoms with Crippen LogP contribution in [0.25, 0.3) is 21.8 Å². The molecule has 2 aromatic carbocycles. The summed E-state index contributed by atoms with van der Waals surface area (Å²) in [7, 11) is 1.08. The van der Waals surface area contributed by atoms with Crippen molar-refractivity contribution in [2.45, 2.75) is 17.7 Å². The molecule has 1 saturated heterocycles. The Kier molecular flexibility index (Phi) is 7.63. The number of nitrogens with zero attached hydrogens (tertiary/aromatic N) is 4. The molecule has 1 aliphatic heterocycles. The zero-order chi connectivity index (χ0) is 24.6. The number of hydrogen-bond acceptors (Lipinski definition) is 6. The van der Waals surface area contributed by atoms with Crippen LogP contribution < -0.4 is 13.8 Å². The standard InChI is InChI=1S/C26H30N4O4S.ClH/c1-28-22-9-5-4-8-20(22)21-18-19(10-11-23(21)28)35(31,32)30(17-16-29-14-6-7-15-29)24-12-13-25(33-2)27-26(24)34-3;/h4-5,8-13,18H,6-7,14-17H2,1-3H3;1H. The van der Waals surface area contributed by atoms with E-state index in [4.69, 9.17) is 9.47 Å². The van der Waals surface area contributed by atoms with Crippen LogP contribution >= 0.6 is 12.4 Å². The first-order chi connectivity index (χ1) is 16.9. The van der Waals surface area contributed by atoms with Gasteiger partial charge >= 0.3 is 0 Å². The SMILES string of the molecule is COc1ccc(N(CCN2CCCC2)S(=O)(=O)c2ccc3c(c2)c2ccccc2n3C)c(OC)n1.Cl. The number of hydrogen-bond donors (Lipinski definition) is 0. The Hall–Kier alpha value is -3.01. The van der Waals surface area contributed by atoms with Gasteiger partial charge in [-0.1, -0.05) is 18.2 Å². The summed E-state index contributed by atoms with van der Waals surface area (Å²) in [4.78, 5) is 6.87. The number of aryl methyl sites for hydroxylation is 1. The van der Waals surface area contributed by atoms with E-state index in [1.165, 1.54) is 18.5 Å². The van der Waals surface area contributed by atoms with Crippen molar-refractivity contribution in [3.05, 3.63) is 54.6 Å². The maximum Gasteiger partial charge on any atom is 0.264 e. The van der Waals surface area contributed by atoms with Gasteiger partial charge in [-0.15, -0.1) is 12.4 Å². The molecule has 0 amide bonds. The molecule has 3 heterocycles. The lowest BCUT2D eigenvalue weighted by Crippen LogP contribution is -2.38. The second kappa shape index (κ2) is 10.5. The Morgan fingerprint density at radius 1 is 0.944 bits per heavy atom. The highest BCUT2D eigenvalue weighted by molar-refractivity contribution is 7.92. The highest BCUT2D eigenvalue weighted by Gasteiger charge is 2.30. The van der Waals surface area contributed by atoms with Gasteiger partial charge < -0.3 is 18.9 Å². The van der Waals surface area contributed by atoms with Crippen LogP contribution in [-0.4, -0.2) is 63.3 Å². The summed E-state index contributed by atoms with van der Waals surface area (Å²) in [6.45, 7) is 2.88. The summed E-state index contributed by atoms with van der Waals surface area (Å²) in [5, 5.41) is 1.93. The first-order valence-corrected chi connectivity index (χ1v) is 13.2. The molecule has 0 atom stereocenters. The van der Waals surface area contributed by atoms with Crippen LogP contribution in [0.2, 0.25) is 0 Å². The fourth-order valence-electron chi connectivity index (χ4n) is 4.91. The van der Waals surface area contributed by atoms with E-state index in [0.717, 1.165) is 47.7 Å². The molecule has 0 saturated carbocycles. The van der Waals surface area contributed by atoms with Crippen molar-refractivity contribution in [3.63, 3.8) is 0 Å². The molecule has 0 radical (unpaired) electrons. The van der Waals surface area contributed by atoms with Gasteiger partial charge in [0.1, 0.15) is 5.69 Å². The monoisotopic (exact) mass is 530 g/mol. The Bertz CT molecular complexity index is 1480. The smallest absolute Gasteiger partial charge is 0.264 e. The lowest BCUT2D eigenvalue weighted by Gasteiger charge is -2.27. The van der Waals surface area contributed by atoms with Crippen LogP contribution in [-0.2, 0) is 17.1 Å². The first kappa shape index (κ1) is 26.1. The highest BCUT2D eigenvalue weighted by Crippen LogP contribution is 2.35. The van der Waals surface area contributed by atoms with Gasteiger partial charge in [0.05, 0.1) is 19.1 Å². The van der Waals surface area contributed by atoms with E-state index in [2.05, 4.69) is 14.5 Å². The van der Waals surface area contributed by atoms with E-state index in [-0.39, 0.29) is 23.2 Å². The summed E-state index contributed by atoms with van der Waals surface area (Å²) < 4.78 is 42.5. The number of aromatic nitrogens is 2. The summed E-state index contributed by atoms with van der Waals surface area (Å²) in [6.07, 6.45) is 2.27. The van der Waals surface area contributed by atoms with Crippen molar-refractivity contribution in [1.29, 1.82) is 0 Å². The molecular weight excluding hydrogens is 500 g/mol. The second-order valence-corrected chi connectivity index (χ2v) is 10.6. The van der Waals surface area contributed by atoms with E-state index >= 15 is 0 Å². The number of para-hydroxylation sites is 1. The number of ether oxygens (including phenoxy) is 2. The lowest BCUT2D eigenvalue weighted by atomic mass is 10.1. The highest BCUT2D eigenvalue weighted by atomic mass is 35.5. The maximum absolute atomic E-state index is 14.1. The third-order valence-electron chi connectivity index (χ3n) is 6.78. The molecule has 36 heavy (non-hydrogen) atoms. The van der Waals surface area contributed by atoms with Gasteiger partial charge in [-0.05, 0) is 56.3 Å². The minimum absolute atomic E-state index is 0. The molecule has 1 aliphatic rings. The number of methoxy groups -OCH3 is 2. The Morgan fingerprint density at radius 2 is 1.67 bits per heavy atom. The number of sulfonamides is 1. The second-order valence-electron chi connectivity index (χ2n) is 8.76. The zero-order valence-corrected chi connectivity index (χ0v) is 22.3. The van der Waals surface area contributed by atoms with Gasteiger partial charge in [0, 0.05) is 48.0 Å². The fourth-order valence-corrected chi connectivity index (χ4v) is 6.39. The molecule has 8 nitrogen and oxygen atoms in total. The van der Waals surface area contributed by atoms with Crippen LogP contribution in [0.4, 0.5) is 5.69 Å². The minimum atomic E-state index is -3.91. The third kappa shape index (κ3) is 4.58. The Morgan fingerprint density at radius 3 is 2.39 bits per heavy atom. The van der Waals surface area contributed by atoms with Crippen molar-refractivity contribution in [3.8, 4) is 11.8 Å². The molecule has 192 valence electrons. The van der Waals surface area contributed by atoms with Gasteiger partial charge in [-0.25, -0.2) is 8.42 Å². The number of pyridine rings is 1. The molecule has 2 aromatic heterocycles. The predicted molar refractivity (Wildman–Crippen MR) is 145 cm³/mol. The maximum atomic E-state index is 14.1. The van der Waals surface area contributed by atoms with Crippen molar-refractivity contribution >= 4 is 49.9 Å². The van der Waals surface area contributed by atoms with E-state index in [9.17, 15) is 8.42 Å². The lowest BCUT2D eigenvalue weighted by molar-refractivity contribution is 0.346. The average molecular weight is 531 g/mol. The van der Waals surface area contributed by atoms with Gasteiger partial charge in [0.25, 0.3) is 10.0 Å². The predicted octanol–water partition coefficient (Wildman–Crippen LogP) is 4.46. The molecule has 0 bridgehead atoms. The third-order valence-corrected chi connectivity index (χ3v) is 8.59. The number of benzene rings is 2. The van der Waals surface area contributed by atoms with Gasteiger partial charge in [0.2, 0.25) is 11.8 Å². The topological polar surface area (TPSA) is 76.9 Å². The first-order valence-electron chi connectivity index (χ1n) is 11.8. The van der Waals surface area contributed by atoms with Crippen LogP contribution in [0.5, 0.6) is 11.8 Å². The summed E-state index contributed by atoms with van der Waals surface area (Å²) in [6, 6.07) is 16.7. The largest absolute Gasteiger partial charge is 0.481 e. The van der Waals surface area contributed by atoms with Crippen LogP contribution in [0, 0.1) is 0 Å². The number of fused-ring (bicyclic) bond motifs is 3.